The lowest BCUT2D eigenvalue weighted by Gasteiger charge is -2.14. The van der Waals surface area contributed by atoms with Crippen LogP contribution in [0.15, 0.2) is 43.0 Å². The van der Waals surface area contributed by atoms with E-state index in [4.69, 9.17) is 5.73 Å². The van der Waals surface area contributed by atoms with E-state index in [0.717, 1.165) is 6.54 Å². The van der Waals surface area contributed by atoms with E-state index < -0.39 is 0 Å². The van der Waals surface area contributed by atoms with Crippen LogP contribution in [-0.2, 0) is 6.54 Å². The molecule has 0 amide bonds. The van der Waals surface area contributed by atoms with Gasteiger partial charge in [0, 0.05) is 12.5 Å². The first-order valence-corrected chi connectivity index (χ1v) is 4.97. The van der Waals surface area contributed by atoms with Gasteiger partial charge < -0.3 is 5.73 Å². The fraction of sp³-hybridized carbons (Fsp3) is 0.273. The molecule has 0 aliphatic carbocycles. The van der Waals surface area contributed by atoms with Crippen molar-refractivity contribution >= 4 is 0 Å². The molecule has 0 aliphatic rings. The molecule has 0 aliphatic heterocycles. The Morgan fingerprint density at radius 1 is 1.27 bits per heavy atom. The molecule has 4 nitrogen and oxygen atoms in total. The van der Waals surface area contributed by atoms with Crippen LogP contribution in [0, 0.1) is 0 Å². The molecule has 1 aromatic heterocycles. The summed E-state index contributed by atoms with van der Waals surface area (Å²) in [6.07, 6.45) is 3.25. The van der Waals surface area contributed by atoms with E-state index in [1.165, 1.54) is 5.56 Å². The van der Waals surface area contributed by atoms with Gasteiger partial charge in [-0.15, -0.1) is 0 Å². The van der Waals surface area contributed by atoms with Gasteiger partial charge in [-0.25, -0.2) is 4.98 Å². The Morgan fingerprint density at radius 2 is 2.07 bits per heavy atom. The van der Waals surface area contributed by atoms with Crippen molar-refractivity contribution in [2.24, 2.45) is 5.73 Å². The van der Waals surface area contributed by atoms with Crippen molar-refractivity contribution in [3.8, 4) is 0 Å². The van der Waals surface area contributed by atoms with Crippen molar-refractivity contribution in [3.63, 3.8) is 0 Å². The maximum absolute atomic E-state index is 5.76. The zero-order chi connectivity index (χ0) is 10.5. The molecule has 0 spiro atoms. The molecule has 0 saturated carbocycles. The van der Waals surface area contributed by atoms with Gasteiger partial charge in [0.15, 0.2) is 0 Å². The van der Waals surface area contributed by atoms with Gasteiger partial charge in [-0.05, 0) is 5.56 Å². The number of nitrogens with zero attached hydrogens (tertiary/aromatic N) is 3. The van der Waals surface area contributed by atoms with Crippen molar-refractivity contribution < 1.29 is 0 Å². The minimum absolute atomic E-state index is 0.299. The first-order valence-electron chi connectivity index (χ1n) is 4.97. The van der Waals surface area contributed by atoms with Crippen molar-refractivity contribution in [3.05, 3.63) is 48.5 Å². The van der Waals surface area contributed by atoms with Crippen LogP contribution in [0.2, 0.25) is 0 Å². The molecule has 0 saturated heterocycles. The lowest BCUT2D eigenvalue weighted by Crippen LogP contribution is -2.18. The van der Waals surface area contributed by atoms with E-state index in [0.29, 0.717) is 12.5 Å². The molecule has 2 aromatic rings. The molecule has 0 radical (unpaired) electrons. The molecular formula is C11H14N4. The Balaban J connectivity index is 2.12. The maximum Gasteiger partial charge on any atom is 0.137 e. The predicted octanol–water partition coefficient (Wildman–Crippen LogP) is 1.02. The van der Waals surface area contributed by atoms with Crippen molar-refractivity contribution in [1.29, 1.82) is 0 Å². The SMILES string of the molecule is NCC(Cn1cncn1)c1ccccc1. The highest BCUT2D eigenvalue weighted by atomic mass is 15.3. The Labute approximate surface area is 88.8 Å². The van der Waals surface area contributed by atoms with Gasteiger partial charge in [-0.1, -0.05) is 30.3 Å². The summed E-state index contributed by atoms with van der Waals surface area (Å²) in [5, 5.41) is 4.08. The second-order valence-electron chi connectivity index (χ2n) is 3.46. The van der Waals surface area contributed by atoms with Gasteiger partial charge in [0.25, 0.3) is 0 Å². The number of benzene rings is 1. The van der Waals surface area contributed by atoms with Crippen LogP contribution >= 0.6 is 0 Å². The minimum atomic E-state index is 0.299. The molecule has 2 N–H and O–H groups in total. The normalized spacial score (nSPS) is 12.6. The smallest absolute Gasteiger partial charge is 0.137 e. The largest absolute Gasteiger partial charge is 0.330 e. The average Bonchev–Trinajstić information content (AvgIpc) is 2.80. The molecule has 78 valence electrons. The van der Waals surface area contributed by atoms with Crippen molar-refractivity contribution in [1.82, 2.24) is 14.8 Å². The summed E-state index contributed by atoms with van der Waals surface area (Å²) >= 11 is 0. The number of rotatable bonds is 4. The summed E-state index contributed by atoms with van der Waals surface area (Å²) in [4.78, 5) is 3.91. The first-order chi connectivity index (χ1) is 7.40. The van der Waals surface area contributed by atoms with Crippen LogP contribution in [0.5, 0.6) is 0 Å². The monoisotopic (exact) mass is 202 g/mol. The predicted molar refractivity (Wildman–Crippen MR) is 58.3 cm³/mol. The second kappa shape index (κ2) is 4.70. The highest BCUT2D eigenvalue weighted by Gasteiger charge is 2.09. The third-order valence-corrected chi connectivity index (χ3v) is 2.43. The maximum atomic E-state index is 5.76. The summed E-state index contributed by atoms with van der Waals surface area (Å²) in [5.41, 5.74) is 7.01. The quantitative estimate of drug-likeness (QED) is 0.805. The zero-order valence-corrected chi connectivity index (χ0v) is 8.45. The van der Waals surface area contributed by atoms with Crippen LogP contribution in [0.1, 0.15) is 11.5 Å². The Hall–Kier alpha value is -1.68. The summed E-state index contributed by atoms with van der Waals surface area (Å²) in [5.74, 6) is 0.299. The molecule has 15 heavy (non-hydrogen) atoms. The van der Waals surface area contributed by atoms with Crippen molar-refractivity contribution in [2.75, 3.05) is 6.54 Å². The van der Waals surface area contributed by atoms with Crippen LogP contribution in [-0.4, -0.2) is 21.3 Å². The molecule has 1 heterocycles. The lowest BCUT2D eigenvalue weighted by atomic mass is 9.99. The van der Waals surface area contributed by atoms with Crippen LogP contribution < -0.4 is 5.73 Å². The van der Waals surface area contributed by atoms with E-state index in [9.17, 15) is 0 Å². The summed E-state index contributed by atoms with van der Waals surface area (Å²) in [6, 6.07) is 10.2. The average molecular weight is 202 g/mol. The molecule has 1 aromatic carbocycles. The number of aromatic nitrogens is 3. The van der Waals surface area contributed by atoms with Gasteiger partial charge in [0.05, 0.1) is 6.54 Å². The number of nitrogens with two attached hydrogens (primary N) is 1. The van der Waals surface area contributed by atoms with E-state index in [1.54, 1.807) is 12.7 Å². The van der Waals surface area contributed by atoms with Gasteiger partial charge in [0.1, 0.15) is 12.7 Å². The summed E-state index contributed by atoms with van der Waals surface area (Å²) < 4.78 is 1.81. The molecule has 1 unspecified atom stereocenters. The van der Waals surface area contributed by atoms with Gasteiger partial charge in [0.2, 0.25) is 0 Å². The third kappa shape index (κ3) is 2.41. The van der Waals surface area contributed by atoms with Gasteiger partial charge >= 0.3 is 0 Å². The van der Waals surface area contributed by atoms with E-state index in [1.807, 2.05) is 22.9 Å². The van der Waals surface area contributed by atoms with Crippen LogP contribution in [0.25, 0.3) is 0 Å². The zero-order valence-electron chi connectivity index (χ0n) is 8.45. The van der Waals surface area contributed by atoms with Crippen LogP contribution in [0.3, 0.4) is 0 Å². The first kappa shape index (κ1) is 9.86. The standard InChI is InChI=1S/C11H14N4/c12-6-11(7-15-9-13-8-14-15)10-4-2-1-3-5-10/h1-5,8-9,11H,6-7,12H2. The number of hydrogen-bond donors (Lipinski definition) is 1. The van der Waals surface area contributed by atoms with Gasteiger partial charge in [-0.2, -0.15) is 5.10 Å². The van der Waals surface area contributed by atoms with E-state index in [2.05, 4.69) is 22.2 Å². The molecule has 4 heteroatoms. The second-order valence-corrected chi connectivity index (χ2v) is 3.46. The Bertz CT molecular complexity index is 382. The molecular weight excluding hydrogens is 188 g/mol. The number of hydrogen-bond acceptors (Lipinski definition) is 3. The third-order valence-electron chi connectivity index (χ3n) is 2.43. The molecule has 2 rings (SSSR count). The van der Waals surface area contributed by atoms with E-state index >= 15 is 0 Å². The fourth-order valence-electron chi connectivity index (χ4n) is 1.59. The minimum Gasteiger partial charge on any atom is -0.330 e. The van der Waals surface area contributed by atoms with Crippen LogP contribution in [0.4, 0.5) is 0 Å². The fourth-order valence-corrected chi connectivity index (χ4v) is 1.59. The molecule has 0 bridgehead atoms. The van der Waals surface area contributed by atoms with E-state index in [-0.39, 0.29) is 0 Å². The molecule has 1 atom stereocenters. The summed E-state index contributed by atoms with van der Waals surface area (Å²) in [7, 11) is 0. The lowest BCUT2D eigenvalue weighted by molar-refractivity contribution is 0.520. The summed E-state index contributed by atoms with van der Waals surface area (Å²) in [6.45, 7) is 1.39. The Kier molecular flexibility index (Phi) is 3.09. The Morgan fingerprint density at radius 3 is 2.67 bits per heavy atom. The highest BCUT2D eigenvalue weighted by Crippen LogP contribution is 2.15. The topological polar surface area (TPSA) is 56.7 Å². The molecule has 0 fully saturated rings. The highest BCUT2D eigenvalue weighted by molar-refractivity contribution is 5.19. The van der Waals surface area contributed by atoms with Crippen molar-refractivity contribution in [2.45, 2.75) is 12.5 Å². The van der Waals surface area contributed by atoms with Gasteiger partial charge in [-0.3, -0.25) is 4.68 Å².